The fraction of sp³-hybridized carbons (Fsp3) is 0.625. The Morgan fingerprint density at radius 3 is 2.22 bits per heavy atom. The molecule has 2 heteroatoms. The molecule has 0 spiro atoms. The highest BCUT2D eigenvalue weighted by Crippen LogP contribution is 2.44. The average Bonchev–Trinajstić information content (AvgIpc) is 2.67. The second-order valence-electron chi connectivity index (χ2n) is 6.82. The van der Waals surface area contributed by atoms with E-state index in [1.165, 1.54) is 5.56 Å². The van der Waals surface area contributed by atoms with Crippen molar-refractivity contribution in [2.24, 2.45) is 5.73 Å². The number of hydrogen-bond donors (Lipinski definition) is 2. The van der Waals surface area contributed by atoms with Gasteiger partial charge in [-0.15, -0.1) is 0 Å². The highest BCUT2D eigenvalue weighted by atomic mass is 16.3. The highest BCUT2D eigenvalue weighted by Gasteiger charge is 2.35. The summed E-state index contributed by atoms with van der Waals surface area (Å²) < 4.78 is 0. The van der Waals surface area contributed by atoms with Gasteiger partial charge in [-0.1, -0.05) is 51.3 Å². The van der Waals surface area contributed by atoms with E-state index in [0.717, 1.165) is 36.8 Å². The summed E-state index contributed by atoms with van der Waals surface area (Å²) in [5, 5.41) is 10.6. The Morgan fingerprint density at radius 2 is 1.72 bits per heavy atom. The molecule has 0 atom stereocenters. The van der Waals surface area contributed by atoms with E-state index in [-0.39, 0.29) is 11.0 Å². The van der Waals surface area contributed by atoms with E-state index in [0.29, 0.717) is 5.75 Å². The number of hydrogen-bond acceptors (Lipinski definition) is 2. The molecule has 0 aromatic heterocycles. The molecule has 1 saturated carbocycles. The highest BCUT2D eigenvalue weighted by molar-refractivity contribution is 5.50. The van der Waals surface area contributed by atoms with Gasteiger partial charge in [0, 0.05) is 11.1 Å². The lowest BCUT2D eigenvalue weighted by atomic mass is 9.79. The van der Waals surface area contributed by atoms with Crippen LogP contribution < -0.4 is 5.73 Å². The number of rotatable bonds is 1. The lowest BCUT2D eigenvalue weighted by Crippen LogP contribution is -2.33. The first-order valence-electron chi connectivity index (χ1n) is 6.87. The van der Waals surface area contributed by atoms with Crippen LogP contribution in [0.25, 0.3) is 0 Å². The summed E-state index contributed by atoms with van der Waals surface area (Å²) >= 11 is 0. The first-order valence-corrected chi connectivity index (χ1v) is 6.87. The quantitative estimate of drug-likeness (QED) is 0.794. The lowest BCUT2D eigenvalue weighted by Gasteiger charge is -2.30. The molecule has 1 aliphatic rings. The second-order valence-corrected chi connectivity index (χ2v) is 6.82. The molecule has 18 heavy (non-hydrogen) atoms. The largest absolute Gasteiger partial charge is 0.507 e. The van der Waals surface area contributed by atoms with Gasteiger partial charge in [0.05, 0.1) is 0 Å². The molecule has 1 fully saturated rings. The molecule has 1 aromatic carbocycles. The maximum Gasteiger partial charge on any atom is 0.124 e. The standard InChI is InChI=1S/C16H25NO/c1-11-9-12(15(2,3)4)14(18)13(10-11)16(17)7-5-6-8-16/h9-10,18H,5-8,17H2,1-4H3. The van der Waals surface area contributed by atoms with E-state index < -0.39 is 0 Å². The van der Waals surface area contributed by atoms with Crippen molar-refractivity contribution in [1.29, 1.82) is 0 Å². The van der Waals surface area contributed by atoms with Crippen LogP contribution in [0.2, 0.25) is 0 Å². The SMILES string of the molecule is Cc1cc(C(C)(C)C)c(O)c(C2(N)CCCC2)c1. The first kappa shape index (κ1) is 13.4. The third-order valence-corrected chi connectivity index (χ3v) is 4.09. The molecule has 2 rings (SSSR count). The minimum atomic E-state index is -0.323. The monoisotopic (exact) mass is 247 g/mol. The number of aryl methyl sites for hydroxylation is 1. The van der Waals surface area contributed by atoms with Gasteiger partial charge in [-0.3, -0.25) is 0 Å². The van der Waals surface area contributed by atoms with Gasteiger partial charge in [0.15, 0.2) is 0 Å². The summed E-state index contributed by atoms with van der Waals surface area (Å²) in [6.45, 7) is 8.46. The minimum Gasteiger partial charge on any atom is -0.507 e. The number of aromatic hydroxyl groups is 1. The minimum absolute atomic E-state index is 0.0557. The number of benzene rings is 1. The normalized spacial score (nSPS) is 19.2. The van der Waals surface area contributed by atoms with Crippen LogP contribution in [0.3, 0.4) is 0 Å². The fourth-order valence-corrected chi connectivity index (χ4v) is 3.01. The van der Waals surface area contributed by atoms with Crippen molar-refractivity contribution in [2.45, 2.75) is 64.3 Å². The Hall–Kier alpha value is -1.02. The van der Waals surface area contributed by atoms with Gasteiger partial charge < -0.3 is 10.8 Å². The Labute approximate surface area is 110 Å². The smallest absolute Gasteiger partial charge is 0.124 e. The van der Waals surface area contributed by atoms with Crippen molar-refractivity contribution in [3.63, 3.8) is 0 Å². The van der Waals surface area contributed by atoms with Gasteiger partial charge in [-0.2, -0.15) is 0 Å². The molecular weight excluding hydrogens is 222 g/mol. The van der Waals surface area contributed by atoms with Crippen LogP contribution in [-0.4, -0.2) is 5.11 Å². The zero-order valence-electron chi connectivity index (χ0n) is 12.0. The zero-order chi connectivity index (χ0) is 13.6. The van der Waals surface area contributed by atoms with Crippen LogP contribution in [0.15, 0.2) is 12.1 Å². The third-order valence-electron chi connectivity index (χ3n) is 4.09. The van der Waals surface area contributed by atoms with Crippen LogP contribution in [0.5, 0.6) is 5.75 Å². The summed E-state index contributed by atoms with van der Waals surface area (Å²) in [5.41, 5.74) is 9.27. The Balaban J connectivity index is 2.58. The maximum atomic E-state index is 10.6. The summed E-state index contributed by atoms with van der Waals surface area (Å²) in [7, 11) is 0. The van der Waals surface area contributed by atoms with Crippen molar-refractivity contribution in [1.82, 2.24) is 0 Å². The summed E-state index contributed by atoms with van der Waals surface area (Å²) in [4.78, 5) is 0. The van der Waals surface area contributed by atoms with E-state index in [1.807, 2.05) is 0 Å². The average molecular weight is 247 g/mol. The van der Waals surface area contributed by atoms with Crippen molar-refractivity contribution >= 4 is 0 Å². The van der Waals surface area contributed by atoms with Crippen molar-refractivity contribution in [3.05, 3.63) is 28.8 Å². The van der Waals surface area contributed by atoms with E-state index in [9.17, 15) is 5.11 Å². The number of phenols is 1. The molecule has 0 radical (unpaired) electrons. The van der Waals surface area contributed by atoms with Gasteiger partial charge >= 0.3 is 0 Å². The molecular formula is C16H25NO. The molecule has 0 unspecified atom stereocenters. The molecule has 1 aromatic rings. The predicted octanol–water partition coefficient (Wildman–Crippen LogP) is 3.73. The Bertz CT molecular complexity index is 451. The zero-order valence-corrected chi connectivity index (χ0v) is 12.0. The maximum absolute atomic E-state index is 10.6. The lowest BCUT2D eigenvalue weighted by molar-refractivity contribution is 0.395. The number of nitrogens with two attached hydrogens (primary N) is 1. The number of phenolic OH excluding ortho intramolecular Hbond substituents is 1. The van der Waals surface area contributed by atoms with Gasteiger partial charge in [0.25, 0.3) is 0 Å². The van der Waals surface area contributed by atoms with Gasteiger partial charge in [0.1, 0.15) is 5.75 Å². The molecule has 0 aliphatic heterocycles. The topological polar surface area (TPSA) is 46.2 Å². The van der Waals surface area contributed by atoms with Crippen LogP contribution in [0.4, 0.5) is 0 Å². The van der Waals surface area contributed by atoms with Crippen LogP contribution in [0.1, 0.15) is 63.1 Å². The van der Waals surface area contributed by atoms with Gasteiger partial charge in [-0.05, 0) is 30.7 Å². The van der Waals surface area contributed by atoms with E-state index in [4.69, 9.17) is 5.73 Å². The summed E-state index contributed by atoms with van der Waals surface area (Å²) in [6, 6.07) is 4.15. The van der Waals surface area contributed by atoms with Gasteiger partial charge in [0.2, 0.25) is 0 Å². The summed E-state index contributed by atoms with van der Waals surface area (Å²) in [5.74, 6) is 0.414. The van der Waals surface area contributed by atoms with Crippen molar-refractivity contribution in [3.8, 4) is 5.75 Å². The van der Waals surface area contributed by atoms with Crippen LogP contribution in [-0.2, 0) is 11.0 Å². The summed E-state index contributed by atoms with van der Waals surface area (Å²) in [6.07, 6.45) is 4.28. The molecule has 0 heterocycles. The Morgan fingerprint density at radius 1 is 1.17 bits per heavy atom. The van der Waals surface area contributed by atoms with E-state index >= 15 is 0 Å². The van der Waals surface area contributed by atoms with Gasteiger partial charge in [-0.25, -0.2) is 0 Å². The van der Waals surface area contributed by atoms with Crippen molar-refractivity contribution in [2.75, 3.05) is 0 Å². The fourth-order valence-electron chi connectivity index (χ4n) is 3.01. The first-order chi connectivity index (χ1) is 8.24. The van der Waals surface area contributed by atoms with Crippen molar-refractivity contribution < 1.29 is 5.11 Å². The molecule has 1 aliphatic carbocycles. The molecule has 100 valence electrons. The molecule has 0 bridgehead atoms. The van der Waals surface area contributed by atoms with E-state index in [2.05, 4.69) is 39.8 Å². The van der Waals surface area contributed by atoms with Crippen LogP contribution in [0, 0.1) is 6.92 Å². The molecule has 0 saturated heterocycles. The molecule has 0 amide bonds. The predicted molar refractivity (Wildman–Crippen MR) is 75.9 cm³/mol. The van der Waals surface area contributed by atoms with E-state index in [1.54, 1.807) is 0 Å². The van der Waals surface area contributed by atoms with Crippen LogP contribution >= 0.6 is 0 Å². The third kappa shape index (κ3) is 2.26. The Kier molecular flexibility index (Phi) is 3.18. The molecule has 3 N–H and O–H groups in total. The molecule has 2 nitrogen and oxygen atoms in total. The second kappa shape index (κ2) is 4.27.